The minimum absolute atomic E-state index is 0.0526. The van der Waals surface area contributed by atoms with Crippen molar-refractivity contribution in [3.63, 3.8) is 0 Å². The topological polar surface area (TPSA) is 102 Å². The summed E-state index contributed by atoms with van der Waals surface area (Å²) in [5.74, 6) is -3.18. The van der Waals surface area contributed by atoms with Gasteiger partial charge in [0.25, 0.3) is 0 Å². The first-order chi connectivity index (χ1) is 16.0. The Morgan fingerprint density at radius 2 is 1.85 bits per heavy atom. The lowest BCUT2D eigenvalue weighted by Gasteiger charge is -2.42. The Balaban J connectivity index is 1.33. The molecule has 0 spiro atoms. The Morgan fingerprint density at radius 1 is 1.21 bits per heavy atom. The van der Waals surface area contributed by atoms with E-state index >= 15 is 0 Å². The minimum atomic E-state index is -1.55. The summed E-state index contributed by atoms with van der Waals surface area (Å²) in [6, 6.07) is 1.47. The highest BCUT2D eigenvalue weighted by Gasteiger charge is 2.36. The van der Waals surface area contributed by atoms with Crippen LogP contribution in [0.5, 0.6) is 0 Å². The van der Waals surface area contributed by atoms with Crippen LogP contribution in [0.2, 0.25) is 0 Å². The largest absolute Gasteiger partial charge is 0.372 e. The van der Waals surface area contributed by atoms with Gasteiger partial charge in [0.1, 0.15) is 11.9 Å². The van der Waals surface area contributed by atoms with E-state index in [0.29, 0.717) is 36.0 Å². The number of halogens is 3. The number of rotatable bonds is 6. The van der Waals surface area contributed by atoms with Crippen LogP contribution >= 0.6 is 0 Å². The number of benzene rings is 1. The predicted molar refractivity (Wildman–Crippen MR) is 122 cm³/mol. The second-order valence-corrected chi connectivity index (χ2v) is 9.39. The van der Waals surface area contributed by atoms with Crippen molar-refractivity contribution in [1.82, 2.24) is 15.3 Å². The maximum Gasteiger partial charge on any atom is 0.225 e. The molecule has 2 heterocycles. The third-order valence-electron chi connectivity index (χ3n) is 6.40. The van der Waals surface area contributed by atoms with E-state index < -0.39 is 23.7 Å². The summed E-state index contributed by atoms with van der Waals surface area (Å²) in [4.78, 5) is 23.3. The Hall–Kier alpha value is -3.08. The first kappa shape index (κ1) is 24.1. The molecule has 2 aliphatic rings. The molecule has 2 aromatic rings. The van der Waals surface area contributed by atoms with Gasteiger partial charge in [0.2, 0.25) is 11.9 Å². The number of hydrogen-bond acceptors (Lipinski definition) is 7. The van der Waals surface area contributed by atoms with Gasteiger partial charge in [-0.15, -0.1) is 0 Å². The van der Waals surface area contributed by atoms with Crippen LogP contribution in [-0.4, -0.2) is 52.4 Å². The second kappa shape index (κ2) is 9.28. The van der Waals surface area contributed by atoms with Crippen LogP contribution in [0.25, 0.3) is 0 Å². The molecular formula is C23H29F3N6O2. The molecule has 4 rings (SSSR count). The summed E-state index contributed by atoms with van der Waals surface area (Å²) in [7, 11) is 1.90. The van der Waals surface area contributed by atoms with Gasteiger partial charge < -0.3 is 26.0 Å². The molecular weight excluding hydrogens is 449 g/mol. The van der Waals surface area contributed by atoms with Crippen molar-refractivity contribution in [2.24, 2.45) is 5.92 Å². The zero-order valence-corrected chi connectivity index (χ0v) is 19.5. The van der Waals surface area contributed by atoms with Gasteiger partial charge in [0, 0.05) is 19.1 Å². The maximum atomic E-state index is 13.3. The lowest BCUT2D eigenvalue weighted by Crippen LogP contribution is -2.53. The molecule has 1 fully saturated rings. The summed E-state index contributed by atoms with van der Waals surface area (Å²) in [6.45, 7) is 5.92. The van der Waals surface area contributed by atoms with E-state index in [2.05, 4.69) is 25.9 Å². The van der Waals surface area contributed by atoms with Crippen LogP contribution in [0, 0.1) is 30.3 Å². The van der Waals surface area contributed by atoms with E-state index in [0.717, 1.165) is 12.1 Å². The molecule has 1 saturated carbocycles. The molecule has 4 N–H and O–H groups in total. The van der Waals surface area contributed by atoms with Crippen molar-refractivity contribution in [1.29, 1.82) is 0 Å². The van der Waals surface area contributed by atoms with Gasteiger partial charge in [-0.3, -0.25) is 4.79 Å². The molecule has 1 aliphatic heterocycles. The number of aliphatic hydroxyl groups excluding tert-OH is 1. The Bertz CT molecular complexity index is 1070. The number of fused-ring (bicyclic) bond motifs is 1. The molecule has 11 heteroatoms. The highest BCUT2D eigenvalue weighted by Crippen LogP contribution is 2.36. The number of anilines is 3. The number of hydrogen-bond donors (Lipinski definition) is 4. The van der Waals surface area contributed by atoms with Crippen LogP contribution in [-0.2, 0) is 11.2 Å². The number of aliphatic hydroxyl groups is 1. The Labute approximate surface area is 196 Å². The fraction of sp³-hybridized carbons (Fsp3) is 0.522. The Morgan fingerprint density at radius 3 is 2.47 bits per heavy atom. The van der Waals surface area contributed by atoms with Gasteiger partial charge in [-0.25, -0.2) is 18.2 Å². The van der Waals surface area contributed by atoms with Crippen LogP contribution in [0.1, 0.15) is 37.9 Å². The van der Waals surface area contributed by atoms with Crippen molar-refractivity contribution in [2.75, 3.05) is 22.6 Å². The highest BCUT2D eigenvalue weighted by atomic mass is 19.2. The van der Waals surface area contributed by atoms with E-state index in [4.69, 9.17) is 0 Å². The maximum absolute atomic E-state index is 13.3. The fourth-order valence-electron chi connectivity index (χ4n) is 4.65. The number of nitrogens with one attached hydrogen (secondary N) is 3. The molecule has 1 aliphatic carbocycles. The third kappa shape index (κ3) is 4.75. The quantitative estimate of drug-likeness (QED) is 0.474. The van der Waals surface area contributed by atoms with Crippen molar-refractivity contribution < 1.29 is 23.1 Å². The van der Waals surface area contributed by atoms with E-state index in [9.17, 15) is 23.1 Å². The second-order valence-electron chi connectivity index (χ2n) is 9.39. The number of amides is 1. The molecule has 1 amide bonds. The first-order valence-corrected chi connectivity index (χ1v) is 11.3. The smallest absolute Gasteiger partial charge is 0.225 e. The summed E-state index contributed by atoms with van der Waals surface area (Å²) < 4.78 is 39.8. The van der Waals surface area contributed by atoms with Gasteiger partial charge in [-0.2, -0.15) is 4.98 Å². The summed E-state index contributed by atoms with van der Waals surface area (Å²) in [6.07, 6.45) is 0.313. The van der Waals surface area contributed by atoms with Crippen LogP contribution in [0.4, 0.5) is 30.6 Å². The monoisotopic (exact) mass is 478 g/mol. The number of likely N-dealkylation sites (N-methyl/N-ethyl adjacent to an activating group) is 1. The minimum Gasteiger partial charge on any atom is -0.372 e. The number of nitrogens with zero attached hydrogens (tertiary/aromatic N) is 3. The number of aromatic nitrogens is 2. The lowest BCUT2D eigenvalue weighted by atomic mass is 9.86. The third-order valence-corrected chi connectivity index (χ3v) is 6.40. The molecule has 1 unspecified atom stereocenters. The fourth-order valence-corrected chi connectivity index (χ4v) is 4.65. The number of carbonyl (C=O) groups excluding carboxylic acids is 1. The van der Waals surface area contributed by atoms with Gasteiger partial charge in [0.15, 0.2) is 23.3 Å². The lowest BCUT2D eigenvalue weighted by molar-refractivity contribution is -0.121. The van der Waals surface area contributed by atoms with Gasteiger partial charge in [0.05, 0.1) is 18.2 Å². The average molecular weight is 479 g/mol. The summed E-state index contributed by atoms with van der Waals surface area (Å²) in [5.41, 5.74) is 1.48. The number of carbonyl (C=O) groups is 1. The molecule has 8 nitrogen and oxygen atoms in total. The van der Waals surface area contributed by atoms with Crippen molar-refractivity contribution in [3.8, 4) is 0 Å². The van der Waals surface area contributed by atoms with Crippen LogP contribution in [0.3, 0.4) is 0 Å². The molecule has 34 heavy (non-hydrogen) atoms. The summed E-state index contributed by atoms with van der Waals surface area (Å²) in [5, 5.41) is 19.7. The molecule has 1 aromatic heterocycles. The van der Waals surface area contributed by atoms with Gasteiger partial charge in [-0.1, -0.05) is 13.8 Å². The molecule has 0 radical (unpaired) electrons. The summed E-state index contributed by atoms with van der Waals surface area (Å²) >= 11 is 0. The van der Waals surface area contributed by atoms with Crippen molar-refractivity contribution in [2.45, 2.75) is 64.4 Å². The molecule has 2 atom stereocenters. The Kier molecular flexibility index (Phi) is 6.57. The van der Waals surface area contributed by atoms with Gasteiger partial charge >= 0.3 is 0 Å². The van der Waals surface area contributed by atoms with Crippen LogP contribution in [0.15, 0.2) is 12.1 Å². The highest BCUT2D eigenvalue weighted by molar-refractivity contribution is 5.79. The first-order valence-electron chi connectivity index (χ1n) is 11.3. The van der Waals surface area contributed by atoms with E-state index in [1.165, 1.54) is 0 Å². The standard InChI is InChI=1S/C23H29F3N6O2/c1-10(2)20-22(34)30-19-11(3)27-23(31-21(19)32(20)4)29-14-8-13(9-14)28-17(33)7-12-5-15(24)18(26)16(25)6-12/h5-6,10,13-14,20,22,30,34H,7-9H2,1-4H3,(H,28,33)(H,27,29,31)/t13?,14?,20-,22?/m0/s1. The van der Waals surface area contributed by atoms with Crippen LogP contribution < -0.4 is 20.9 Å². The van der Waals surface area contributed by atoms with Crippen molar-refractivity contribution >= 4 is 23.4 Å². The van der Waals surface area contributed by atoms with E-state index in [-0.39, 0.29) is 41.9 Å². The predicted octanol–water partition coefficient (Wildman–Crippen LogP) is 2.71. The molecule has 184 valence electrons. The zero-order chi connectivity index (χ0) is 24.7. The zero-order valence-electron chi connectivity index (χ0n) is 19.5. The SMILES string of the molecule is Cc1nc(NC2CC(NC(=O)Cc3cc(F)c(F)c(F)c3)C2)nc2c1NC(O)[C@H](C(C)C)N2C. The number of aryl methyl sites for hydroxylation is 1. The van der Waals surface area contributed by atoms with E-state index in [1.807, 2.05) is 32.7 Å². The van der Waals surface area contributed by atoms with Gasteiger partial charge in [-0.05, 0) is 43.4 Å². The molecule has 0 bridgehead atoms. The van der Waals surface area contributed by atoms with Crippen molar-refractivity contribution in [3.05, 3.63) is 40.8 Å². The normalized spacial score (nSPS) is 23.7. The molecule has 1 aromatic carbocycles. The average Bonchev–Trinajstić information content (AvgIpc) is 2.71. The van der Waals surface area contributed by atoms with E-state index in [1.54, 1.807) is 0 Å². The molecule has 0 saturated heterocycles.